The normalized spacial score (nSPS) is 16.0. The summed E-state index contributed by atoms with van der Waals surface area (Å²) in [6.45, 7) is 34.1. The van der Waals surface area contributed by atoms with Gasteiger partial charge in [-0.2, -0.15) is 13.2 Å². The largest absolute Gasteiger partial charge is 0.416 e. The summed E-state index contributed by atoms with van der Waals surface area (Å²) in [5.41, 5.74) is -3.40. The van der Waals surface area contributed by atoms with E-state index in [9.17, 15) is 23.4 Å². The molecular formula is C31H67F3O4. The molecule has 2 atom stereocenters. The van der Waals surface area contributed by atoms with E-state index < -0.39 is 28.4 Å². The van der Waals surface area contributed by atoms with Crippen LogP contribution in [0.5, 0.6) is 0 Å². The van der Waals surface area contributed by atoms with Crippen molar-refractivity contribution in [3.63, 3.8) is 0 Å². The molecule has 0 spiro atoms. The van der Waals surface area contributed by atoms with Crippen LogP contribution < -0.4 is 0 Å². The van der Waals surface area contributed by atoms with Gasteiger partial charge in [-0.25, -0.2) is 0 Å². The monoisotopic (exact) mass is 560 g/mol. The summed E-state index contributed by atoms with van der Waals surface area (Å²) in [6.07, 6.45) is -2.41. The maximum absolute atomic E-state index is 12.1. The standard InChI is InChI=1S/C8H15F3O.2C8H18O.C7H16O/c1-6(2,3)5-7(4,12)8(9,10)11;2*1-7(2,3)6-8(4,5)9;1-6(8)5-7(2,3)4/h12H,5H2,1-4H3;2*9H,6H2,1-5H3;6,8H,5H2,1-4H3/t;;;6-/m...1/s1. The molecule has 38 heavy (non-hydrogen) atoms. The first-order valence-electron chi connectivity index (χ1n) is 13.7. The first-order valence-corrected chi connectivity index (χ1v) is 13.7. The Labute approximate surface area is 234 Å². The first kappa shape index (κ1) is 44.6. The molecule has 0 fully saturated rings. The lowest BCUT2D eigenvalue weighted by molar-refractivity contribution is -0.261. The van der Waals surface area contributed by atoms with E-state index in [0.29, 0.717) is 0 Å². The van der Waals surface area contributed by atoms with E-state index in [1.807, 2.05) is 34.6 Å². The Morgan fingerprint density at radius 3 is 0.737 bits per heavy atom. The second-order valence-electron chi connectivity index (χ2n) is 17.2. The van der Waals surface area contributed by atoms with Crippen molar-refractivity contribution in [1.29, 1.82) is 0 Å². The lowest BCUT2D eigenvalue weighted by Gasteiger charge is -2.32. The molecule has 0 aliphatic carbocycles. The zero-order valence-corrected chi connectivity index (χ0v) is 28.3. The summed E-state index contributed by atoms with van der Waals surface area (Å²) in [4.78, 5) is 0. The molecule has 236 valence electrons. The highest BCUT2D eigenvalue weighted by Crippen LogP contribution is 2.38. The Morgan fingerprint density at radius 1 is 0.474 bits per heavy atom. The fourth-order valence-electron chi connectivity index (χ4n) is 4.61. The van der Waals surface area contributed by atoms with Crippen molar-refractivity contribution in [2.45, 2.75) is 179 Å². The number of alkyl halides is 3. The first-order chi connectivity index (χ1) is 15.8. The van der Waals surface area contributed by atoms with Crippen LogP contribution >= 0.6 is 0 Å². The molecule has 4 N–H and O–H groups in total. The van der Waals surface area contributed by atoms with Gasteiger partial charge in [0.1, 0.15) is 0 Å². The lowest BCUT2D eigenvalue weighted by atomic mass is 9.82. The Bertz CT molecular complexity index is 546. The molecule has 0 aliphatic rings. The van der Waals surface area contributed by atoms with Gasteiger partial charge in [0.2, 0.25) is 0 Å². The van der Waals surface area contributed by atoms with Crippen LogP contribution in [0, 0.1) is 21.7 Å². The molecule has 0 heterocycles. The minimum absolute atomic E-state index is 0.157. The Kier molecular flexibility index (Phi) is 18.3. The van der Waals surface area contributed by atoms with E-state index in [1.54, 1.807) is 20.8 Å². The van der Waals surface area contributed by atoms with Crippen molar-refractivity contribution in [3.8, 4) is 0 Å². The average molecular weight is 561 g/mol. The second kappa shape index (κ2) is 15.6. The van der Waals surface area contributed by atoms with E-state index in [0.717, 1.165) is 26.2 Å². The van der Waals surface area contributed by atoms with Crippen LogP contribution in [0.4, 0.5) is 13.2 Å². The molecule has 7 heteroatoms. The molecule has 0 aromatic heterocycles. The molecule has 0 bridgehead atoms. The van der Waals surface area contributed by atoms with Crippen LogP contribution in [0.1, 0.15) is 150 Å². The van der Waals surface area contributed by atoms with E-state index in [1.165, 1.54) is 0 Å². The number of rotatable bonds is 4. The van der Waals surface area contributed by atoms with Crippen LogP contribution in [0.15, 0.2) is 0 Å². The van der Waals surface area contributed by atoms with Crippen LogP contribution in [-0.2, 0) is 0 Å². The Hall–Kier alpha value is -0.370. The van der Waals surface area contributed by atoms with E-state index >= 15 is 0 Å². The SMILES string of the molecule is CC(C)(C)CC(C)(C)O.CC(C)(C)CC(C)(C)O.CC(C)(C)CC(C)(O)C(F)(F)F.C[C@@H](O)CC(C)(C)C. The van der Waals surface area contributed by atoms with Crippen LogP contribution in [0.25, 0.3) is 0 Å². The number of hydrogen-bond acceptors (Lipinski definition) is 4. The van der Waals surface area contributed by atoms with Crippen molar-refractivity contribution >= 4 is 0 Å². The summed E-state index contributed by atoms with van der Waals surface area (Å²) in [5.74, 6) is 0. The van der Waals surface area contributed by atoms with E-state index in [-0.39, 0.29) is 28.8 Å². The van der Waals surface area contributed by atoms with Gasteiger partial charge in [0.25, 0.3) is 0 Å². The molecule has 0 amide bonds. The highest BCUT2D eigenvalue weighted by atomic mass is 19.4. The molecule has 4 nitrogen and oxygen atoms in total. The number of aliphatic hydroxyl groups is 4. The predicted octanol–water partition coefficient (Wildman–Crippen LogP) is 8.93. The van der Waals surface area contributed by atoms with Gasteiger partial charge in [-0.05, 0) is 88.9 Å². The van der Waals surface area contributed by atoms with Crippen molar-refractivity contribution in [3.05, 3.63) is 0 Å². The summed E-state index contributed by atoms with van der Waals surface area (Å²) in [6, 6.07) is 0. The van der Waals surface area contributed by atoms with Gasteiger partial charge in [0.15, 0.2) is 5.60 Å². The third-order valence-corrected chi connectivity index (χ3v) is 4.32. The van der Waals surface area contributed by atoms with E-state index in [4.69, 9.17) is 10.2 Å². The zero-order chi connectivity index (χ0) is 32.4. The van der Waals surface area contributed by atoms with Gasteiger partial charge in [-0.15, -0.1) is 0 Å². The molecule has 0 rings (SSSR count). The van der Waals surface area contributed by atoms with Crippen molar-refractivity contribution in [1.82, 2.24) is 0 Å². The molecule has 0 aromatic carbocycles. The number of halogens is 3. The van der Waals surface area contributed by atoms with Gasteiger partial charge in [0.05, 0.1) is 17.3 Å². The topological polar surface area (TPSA) is 80.9 Å². The number of hydrogen-bond donors (Lipinski definition) is 4. The summed E-state index contributed by atoms with van der Waals surface area (Å²) in [5, 5.41) is 36.7. The highest BCUT2D eigenvalue weighted by molar-refractivity contribution is 4.86. The molecule has 1 unspecified atom stereocenters. The summed E-state index contributed by atoms with van der Waals surface area (Å²) < 4.78 is 36.3. The van der Waals surface area contributed by atoms with Crippen LogP contribution in [-0.4, -0.2) is 49.5 Å². The second-order valence-corrected chi connectivity index (χ2v) is 17.2. The molecule has 0 aromatic rings. The lowest BCUT2D eigenvalue weighted by Crippen LogP contribution is -2.44. The van der Waals surface area contributed by atoms with Crippen molar-refractivity contribution in [2.75, 3.05) is 0 Å². The van der Waals surface area contributed by atoms with Crippen LogP contribution in [0.3, 0.4) is 0 Å². The molecule has 0 saturated carbocycles. The molecule has 0 aliphatic heterocycles. The van der Waals surface area contributed by atoms with Gasteiger partial charge in [-0.1, -0.05) is 83.1 Å². The average Bonchev–Trinajstić information content (AvgIpc) is 2.32. The molecular weight excluding hydrogens is 493 g/mol. The maximum Gasteiger partial charge on any atom is 0.416 e. The number of aliphatic hydroxyl groups excluding tert-OH is 1. The van der Waals surface area contributed by atoms with Gasteiger partial charge < -0.3 is 20.4 Å². The van der Waals surface area contributed by atoms with Gasteiger partial charge >= 0.3 is 6.18 Å². The summed E-state index contributed by atoms with van der Waals surface area (Å²) >= 11 is 0. The minimum Gasteiger partial charge on any atom is -0.393 e. The smallest absolute Gasteiger partial charge is 0.393 e. The zero-order valence-electron chi connectivity index (χ0n) is 28.3. The third kappa shape index (κ3) is 42.7. The maximum atomic E-state index is 12.1. The Morgan fingerprint density at radius 2 is 0.711 bits per heavy atom. The van der Waals surface area contributed by atoms with Gasteiger partial charge in [-0.3, -0.25) is 0 Å². The predicted molar refractivity (Wildman–Crippen MR) is 157 cm³/mol. The minimum atomic E-state index is -4.54. The van der Waals surface area contributed by atoms with Crippen molar-refractivity contribution in [2.24, 2.45) is 21.7 Å². The van der Waals surface area contributed by atoms with E-state index in [2.05, 4.69) is 62.3 Å². The molecule has 0 saturated heterocycles. The summed E-state index contributed by atoms with van der Waals surface area (Å²) in [7, 11) is 0. The highest BCUT2D eigenvalue weighted by Gasteiger charge is 2.51. The quantitative estimate of drug-likeness (QED) is 0.277. The van der Waals surface area contributed by atoms with Crippen molar-refractivity contribution < 1.29 is 33.6 Å². The third-order valence-electron chi connectivity index (χ3n) is 4.32. The van der Waals surface area contributed by atoms with Gasteiger partial charge in [0, 0.05) is 0 Å². The fourth-order valence-corrected chi connectivity index (χ4v) is 4.61. The fraction of sp³-hybridized carbons (Fsp3) is 1.00. The molecule has 0 radical (unpaired) electrons. The van der Waals surface area contributed by atoms with Crippen LogP contribution in [0.2, 0.25) is 0 Å². The Balaban J connectivity index is -0.000000205.